The van der Waals surface area contributed by atoms with Gasteiger partial charge in [0.1, 0.15) is 25.4 Å². The first-order valence-electron chi connectivity index (χ1n) is 16.7. The molecule has 0 aromatic heterocycles. The molecule has 0 radical (unpaired) electrons. The molecular formula is C32H46O12. The Morgan fingerprint density at radius 1 is 0.455 bits per heavy atom. The van der Waals surface area contributed by atoms with Gasteiger partial charge in [0.15, 0.2) is 0 Å². The van der Waals surface area contributed by atoms with Crippen molar-refractivity contribution in [2.75, 3.05) is 39.6 Å². The Morgan fingerprint density at radius 2 is 0.750 bits per heavy atom. The summed E-state index contributed by atoms with van der Waals surface area (Å²) in [4.78, 5) is 50.6. The highest BCUT2D eigenvalue weighted by molar-refractivity contribution is 5.83. The number of carbonyl (C=O) groups excluding carboxylic acids is 4. The van der Waals surface area contributed by atoms with Crippen LogP contribution in [0.15, 0.2) is 0 Å². The third-order valence-corrected chi connectivity index (χ3v) is 9.66. The first-order valence-corrected chi connectivity index (χ1v) is 16.7. The van der Waals surface area contributed by atoms with Crippen LogP contribution in [0.25, 0.3) is 0 Å². The maximum Gasteiger partial charge on any atom is 0.310 e. The quantitative estimate of drug-likeness (QED) is 0.0900. The van der Waals surface area contributed by atoms with E-state index in [9.17, 15) is 19.2 Å². The molecule has 6 fully saturated rings. The molecule has 10 unspecified atom stereocenters. The zero-order valence-corrected chi connectivity index (χ0v) is 25.4. The van der Waals surface area contributed by atoms with Crippen LogP contribution in [0, 0.1) is 23.7 Å². The second kappa shape index (κ2) is 14.9. The fourth-order valence-corrected chi connectivity index (χ4v) is 6.60. The summed E-state index contributed by atoms with van der Waals surface area (Å²) in [7, 11) is 0. The van der Waals surface area contributed by atoms with Crippen LogP contribution in [0.1, 0.15) is 77.0 Å². The molecule has 4 heterocycles. The van der Waals surface area contributed by atoms with Crippen molar-refractivity contribution < 1.29 is 57.1 Å². The van der Waals surface area contributed by atoms with E-state index in [-0.39, 0.29) is 73.7 Å². The molecule has 0 N–H and O–H groups in total. The Balaban J connectivity index is 0.768. The van der Waals surface area contributed by atoms with Crippen LogP contribution in [-0.2, 0) is 57.1 Å². The third kappa shape index (κ3) is 9.14. The molecular weight excluding hydrogens is 576 g/mol. The van der Waals surface area contributed by atoms with Gasteiger partial charge in [-0.15, -0.1) is 0 Å². The lowest BCUT2D eigenvalue weighted by molar-refractivity contribution is -0.162. The van der Waals surface area contributed by atoms with E-state index < -0.39 is 23.7 Å². The molecule has 44 heavy (non-hydrogen) atoms. The van der Waals surface area contributed by atoms with E-state index in [2.05, 4.69) is 0 Å². The molecule has 10 atom stereocenters. The summed E-state index contributed by atoms with van der Waals surface area (Å²) in [6, 6.07) is 0. The molecule has 0 aromatic carbocycles. The van der Waals surface area contributed by atoms with Gasteiger partial charge in [-0.3, -0.25) is 19.2 Å². The first kappa shape index (κ1) is 31.7. The van der Waals surface area contributed by atoms with Gasteiger partial charge in [0.25, 0.3) is 0 Å². The van der Waals surface area contributed by atoms with Crippen molar-refractivity contribution in [2.24, 2.45) is 23.7 Å². The fourth-order valence-electron chi connectivity index (χ4n) is 6.60. The first-order chi connectivity index (χ1) is 21.5. The summed E-state index contributed by atoms with van der Waals surface area (Å²) in [5.41, 5.74) is 0. The van der Waals surface area contributed by atoms with Gasteiger partial charge < -0.3 is 37.9 Å². The van der Waals surface area contributed by atoms with Crippen LogP contribution in [0.3, 0.4) is 0 Å². The Morgan fingerprint density at radius 3 is 1.07 bits per heavy atom. The lowest BCUT2D eigenvalue weighted by atomic mass is 9.79. The average Bonchev–Trinajstić information content (AvgIpc) is 3.85. The van der Waals surface area contributed by atoms with E-state index in [1.165, 1.54) is 0 Å². The van der Waals surface area contributed by atoms with E-state index in [0.29, 0.717) is 52.1 Å². The largest absolute Gasteiger partial charge is 0.465 e. The van der Waals surface area contributed by atoms with Crippen molar-refractivity contribution in [1.82, 2.24) is 0 Å². The number of rotatable bonds is 19. The number of esters is 4. The predicted octanol–water partition coefficient (Wildman–Crippen LogP) is 2.66. The molecule has 0 amide bonds. The van der Waals surface area contributed by atoms with Gasteiger partial charge in [-0.05, 0) is 38.5 Å². The minimum absolute atomic E-state index is 0.00337. The number of ether oxygens (including phenoxy) is 8. The second-order valence-electron chi connectivity index (χ2n) is 13.1. The second-order valence-corrected chi connectivity index (χ2v) is 13.1. The molecule has 246 valence electrons. The smallest absolute Gasteiger partial charge is 0.310 e. The molecule has 0 aromatic rings. The molecule has 0 bridgehead atoms. The van der Waals surface area contributed by atoms with Crippen LogP contribution in [0.4, 0.5) is 0 Å². The number of epoxide rings is 4. The summed E-state index contributed by atoms with van der Waals surface area (Å²) >= 11 is 0. The Kier molecular flexibility index (Phi) is 10.7. The maximum atomic E-state index is 12.8. The van der Waals surface area contributed by atoms with Crippen LogP contribution in [0.2, 0.25) is 0 Å². The topological polar surface area (TPSA) is 155 Å². The highest BCUT2D eigenvalue weighted by Gasteiger charge is 2.55. The number of hydrogen-bond donors (Lipinski definition) is 0. The highest BCUT2D eigenvalue weighted by atomic mass is 16.6. The van der Waals surface area contributed by atoms with E-state index in [4.69, 9.17) is 37.9 Å². The zero-order chi connectivity index (χ0) is 30.5. The minimum atomic E-state index is -0.505. The van der Waals surface area contributed by atoms with Crippen molar-refractivity contribution in [2.45, 2.75) is 114 Å². The molecule has 6 rings (SSSR count). The van der Waals surface area contributed by atoms with Gasteiger partial charge >= 0.3 is 23.9 Å². The van der Waals surface area contributed by atoms with Crippen molar-refractivity contribution in [3.8, 4) is 0 Å². The molecule has 2 aliphatic carbocycles. The van der Waals surface area contributed by atoms with E-state index >= 15 is 0 Å². The summed E-state index contributed by atoms with van der Waals surface area (Å²) < 4.78 is 43.1. The SMILES string of the molecule is O=C(OCCCCCCCCCCOC(=O)C1CC2OC2CC1C(=O)OCC1CO1)C1CC2OC2CC1C(=O)OCC1CO1. The molecule has 12 heteroatoms. The normalized spacial score (nSPS) is 35.8. The van der Waals surface area contributed by atoms with E-state index in [0.717, 1.165) is 51.4 Å². The highest BCUT2D eigenvalue weighted by Crippen LogP contribution is 2.45. The summed E-state index contributed by atoms with van der Waals surface area (Å²) in [5.74, 6) is -3.36. The van der Waals surface area contributed by atoms with Crippen LogP contribution in [0.5, 0.6) is 0 Å². The van der Waals surface area contributed by atoms with Gasteiger partial charge in [0.2, 0.25) is 0 Å². The van der Waals surface area contributed by atoms with E-state index in [1.807, 2.05) is 0 Å². The fraction of sp³-hybridized carbons (Fsp3) is 0.875. The number of fused-ring (bicyclic) bond motifs is 2. The summed E-state index contributed by atoms with van der Waals surface area (Å²) in [6.45, 7) is 2.43. The molecule has 12 nitrogen and oxygen atoms in total. The monoisotopic (exact) mass is 622 g/mol. The minimum Gasteiger partial charge on any atom is -0.465 e. The Bertz CT molecular complexity index is 945. The number of unbranched alkanes of at least 4 members (excludes halogenated alkanes) is 7. The standard InChI is InChI=1S/C32H46O12/c33-29(21-11-25-27(43-25)13-23(21)31(35)41-17-19-15-39-19)37-9-7-5-3-1-2-4-6-8-10-38-30(34)22-12-26-28(44-26)14-24(22)32(36)42-18-20-16-40-20/h19-28H,1-18H2. The molecule has 6 aliphatic rings. The molecule has 4 aliphatic heterocycles. The van der Waals surface area contributed by atoms with Gasteiger partial charge in [0.05, 0.1) is 74.5 Å². The van der Waals surface area contributed by atoms with Crippen molar-refractivity contribution in [1.29, 1.82) is 0 Å². The third-order valence-electron chi connectivity index (χ3n) is 9.66. The van der Waals surface area contributed by atoms with Gasteiger partial charge in [0, 0.05) is 0 Å². The van der Waals surface area contributed by atoms with Crippen LogP contribution >= 0.6 is 0 Å². The summed E-state index contributed by atoms with van der Waals surface area (Å²) in [5, 5.41) is 0. The lowest BCUT2D eigenvalue weighted by Gasteiger charge is -2.26. The van der Waals surface area contributed by atoms with Gasteiger partial charge in [-0.1, -0.05) is 38.5 Å². The molecule has 2 saturated carbocycles. The number of hydrogen-bond acceptors (Lipinski definition) is 12. The predicted molar refractivity (Wildman–Crippen MR) is 150 cm³/mol. The molecule has 4 saturated heterocycles. The van der Waals surface area contributed by atoms with E-state index in [1.54, 1.807) is 0 Å². The van der Waals surface area contributed by atoms with Crippen molar-refractivity contribution in [3.63, 3.8) is 0 Å². The van der Waals surface area contributed by atoms with Gasteiger partial charge in [-0.25, -0.2) is 0 Å². The lowest BCUT2D eigenvalue weighted by Crippen LogP contribution is -2.38. The van der Waals surface area contributed by atoms with Crippen molar-refractivity contribution >= 4 is 23.9 Å². The molecule has 0 spiro atoms. The zero-order valence-electron chi connectivity index (χ0n) is 25.4. The summed E-state index contributed by atoms with van der Waals surface area (Å²) in [6.07, 6.45) is 10.1. The Hall–Kier alpha value is -2.28. The van der Waals surface area contributed by atoms with Crippen molar-refractivity contribution in [3.05, 3.63) is 0 Å². The maximum absolute atomic E-state index is 12.8. The van der Waals surface area contributed by atoms with Crippen LogP contribution < -0.4 is 0 Å². The number of carbonyl (C=O) groups is 4. The Labute approximate surface area is 258 Å². The van der Waals surface area contributed by atoms with Gasteiger partial charge in [-0.2, -0.15) is 0 Å². The average molecular weight is 623 g/mol. The van der Waals surface area contributed by atoms with Crippen LogP contribution in [-0.4, -0.2) is 100 Å².